The van der Waals surface area contributed by atoms with Gasteiger partial charge in [-0.15, -0.1) is 0 Å². The molecule has 1 N–H and O–H groups in total. The monoisotopic (exact) mass is 567 g/mol. The number of carbonyl (C=O) groups is 2. The van der Waals surface area contributed by atoms with Gasteiger partial charge in [-0.25, -0.2) is 4.98 Å². The van der Waals surface area contributed by atoms with Crippen molar-refractivity contribution >= 4 is 23.1 Å². The fraction of sp³-hybridized carbons (Fsp3) is 0.324. The van der Waals surface area contributed by atoms with Gasteiger partial charge in [-0.05, 0) is 62.1 Å². The molecule has 218 valence electrons. The normalized spacial score (nSPS) is 16.4. The zero-order valence-corrected chi connectivity index (χ0v) is 24.4. The van der Waals surface area contributed by atoms with Crippen molar-refractivity contribution in [2.45, 2.75) is 52.5 Å². The maximum Gasteiger partial charge on any atom is 0.295 e. The average molecular weight is 568 g/mol. The van der Waals surface area contributed by atoms with Crippen LogP contribution in [0, 0.1) is 6.92 Å². The quantitative estimate of drug-likeness (QED) is 0.0938. The minimum Gasteiger partial charge on any atom is -0.505 e. The number of aryl methyl sites for hydroxylation is 1. The molecule has 1 fully saturated rings. The van der Waals surface area contributed by atoms with Gasteiger partial charge >= 0.3 is 0 Å². The Balaban J connectivity index is 1.61. The number of amides is 1. The molecule has 1 atom stereocenters. The number of unbranched alkanes of at least 4 members (excludes halogenated alkanes) is 2. The Kier molecular flexibility index (Phi) is 8.91. The van der Waals surface area contributed by atoms with E-state index in [1.807, 2.05) is 73.7 Å². The second-order valence-electron chi connectivity index (χ2n) is 10.4. The molecule has 1 amide bonds. The molecule has 2 aromatic heterocycles. The van der Waals surface area contributed by atoms with Gasteiger partial charge in [0, 0.05) is 12.7 Å². The van der Waals surface area contributed by atoms with Crippen LogP contribution in [0.1, 0.15) is 61.7 Å². The number of aliphatic hydroxyl groups is 1. The molecular formula is C34H37N3O5. The van der Waals surface area contributed by atoms with Gasteiger partial charge in [-0.1, -0.05) is 62.2 Å². The van der Waals surface area contributed by atoms with Crippen LogP contribution in [0.4, 0.5) is 0 Å². The maximum atomic E-state index is 13.7. The highest BCUT2D eigenvalue weighted by molar-refractivity contribution is 6.46. The van der Waals surface area contributed by atoms with Gasteiger partial charge < -0.3 is 19.5 Å². The molecule has 0 saturated carbocycles. The molecule has 1 aliphatic rings. The van der Waals surface area contributed by atoms with Crippen LogP contribution in [0.3, 0.4) is 0 Å². The number of ketones is 1. The van der Waals surface area contributed by atoms with Crippen LogP contribution in [0.25, 0.3) is 11.4 Å². The molecule has 8 nitrogen and oxygen atoms in total. The van der Waals surface area contributed by atoms with Gasteiger partial charge in [0.2, 0.25) is 0 Å². The molecule has 1 saturated heterocycles. The third-order valence-corrected chi connectivity index (χ3v) is 7.54. The summed E-state index contributed by atoms with van der Waals surface area (Å²) in [5.41, 5.74) is 3.30. The van der Waals surface area contributed by atoms with E-state index >= 15 is 0 Å². The Hall–Kier alpha value is -4.59. The van der Waals surface area contributed by atoms with E-state index in [1.165, 1.54) is 0 Å². The molecular weight excluding hydrogens is 530 g/mol. The minimum absolute atomic E-state index is 0.0286. The fourth-order valence-electron chi connectivity index (χ4n) is 5.49. The summed E-state index contributed by atoms with van der Waals surface area (Å²) in [5.74, 6) is -0.494. The number of imidazole rings is 1. The van der Waals surface area contributed by atoms with Crippen molar-refractivity contribution in [2.75, 3.05) is 19.8 Å². The van der Waals surface area contributed by atoms with Crippen molar-refractivity contribution in [1.29, 1.82) is 0 Å². The highest BCUT2D eigenvalue weighted by Crippen LogP contribution is 2.42. The highest BCUT2D eigenvalue weighted by atomic mass is 16.5. The van der Waals surface area contributed by atoms with Gasteiger partial charge in [-0.2, -0.15) is 0 Å². The lowest BCUT2D eigenvalue weighted by Crippen LogP contribution is -2.31. The Labute approximate surface area is 246 Å². The zero-order chi connectivity index (χ0) is 29.6. The lowest BCUT2D eigenvalue weighted by Gasteiger charge is -2.26. The Bertz CT molecular complexity index is 1610. The van der Waals surface area contributed by atoms with Crippen LogP contribution in [0.15, 0.2) is 78.5 Å². The molecule has 0 aliphatic carbocycles. The fourth-order valence-corrected chi connectivity index (χ4v) is 5.49. The molecule has 4 aromatic rings. The van der Waals surface area contributed by atoms with Crippen molar-refractivity contribution in [3.05, 3.63) is 101 Å². The summed E-state index contributed by atoms with van der Waals surface area (Å²) in [6.45, 7) is 7.10. The third-order valence-electron chi connectivity index (χ3n) is 7.54. The molecule has 0 radical (unpaired) electrons. The number of carbonyl (C=O) groups excluding carboxylic acids is 2. The van der Waals surface area contributed by atoms with E-state index in [-0.39, 0.29) is 11.3 Å². The van der Waals surface area contributed by atoms with E-state index in [4.69, 9.17) is 9.47 Å². The van der Waals surface area contributed by atoms with Crippen molar-refractivity contribution in [3.63, 3.8) is 0 Å². The highest BCUT2D eigenvalue weighted by Gasteiger charge is 2.46. The molecule has 1 aliphatic heterocycles. The first kappa shape index (κ1) is 28.9. The van der Waals surface area contributed by atoms with Gasteiger partial charge in [0.1, 0.15) is 11.3 Å². The van der Waals surface area contributed by atoms with Gasteiger partial charge in [0.15, 0.2) is 17.3 Å². The lowest BCUT2D eigenvalue weighted by molar-refractivity contribution is -0.139. The summed E-state index contributed by atoms with van der Waals surface area (Å²) in [6.07, 6.45) is 5.43. The Morgan fingerprint density at radius 1 is 0.952 bits per heavy atom. The summed E-state index contributed by atoms with van der Waals surface area (Å²) in [7, 11) is 0. The van der Waals surface area contributed by atoms with Crippen LogP contribution >= 0.6 is 0 Å². The number of Topliss-reactive ketones (excluding diaryl/α,β-unsaturated/α-hetero) is 1. The van der Waals surface area contributed by atoms with Gasteiger partial charge in [0.05, 0.1) is 30.5 Å². The molecule has 2 aromatic carbocycles. The lowest BCUT2D eigenvalue weighted by atomic mass is 9.95. The molecule has 0 bridgehead atoms. The van der Waals surface area contributed by atoms with E-state index in [0.717, 1.165) is 24.8 Å². The topological polar surface area (TPSA) is 93.4 Å². The summed E-state index contributed by atoms with van der Waals surface area (Å²) in [5, 5.41) is 11.8. The van der Waals surface area contributed by atoms with Crippen molar-refractivity contribution in [3.8, 4) is 11.5 Å². The number of pyridine rings is 1. The minimum atomic E-state index is -0.823. The molecule has 1 unspecified atom stereocenters. The smallest absolute Gasteiger partial charge is 0.295 e. The second-order valence-corrected chi connectivity index (χ2v) is 10.4. The number of benzene rings is 2. The number of rotatable bonds is 12. The number of aliphatic hydroxyl groups excluding tert-OH is 1. The van der Waals surface area contributed by atoms with E-state index in [0.29, 0.717) is 60.3 Å². The molecule has 5 rings (SSSR count). The van der Waals surface area contributed by atoms with Crippen LogP contribution in [0.5, 0.6) is 11.5 Å². The number of aromatic nitrogens is 2. The summed E-state index contributed by atoms with van der Waals surface area (Å²) in [4.78, 5) is 33.4. The third kappa shape index (κ3) is 5.75. The van der Waals surface area contributed by atoms with Crippen molar-refractivity contribution in [1.82, 2.24) is 14.3 Å². The Morgan fingerprint density at radius 2 is 1.74 bits per heavy atom. The first-order chi connectivity index (χ1) is 20.4. The zero-order valence-electron chi connectivity index (χ0n) is 24.4. The van der Waals surface area contributed by atoms with Crippen LogP contribution in [-0.4, -0.2) is 50.8 Å². The number of ether oxygens (including phenoxy) is 2. The first-order valence-electron chi connectivity index (χ1n) is 14.6. The summed E-state index contributed by atoms with van der Waals surface area (Å²) < 4.78 is 13.7. The Morgan fingerprint density at radius 3 is 2.50 bits per heavy atom. The number of likely N-dealkylation sites (tertiary alicyclic amines) is 1. The standard InChI is InChI=1S/C34H37N3O5/c1-4-6-12-21-42-26-17-16-25(22-27(26)41-5-2)31-29(32(38)30-23(3)35-28-15-10-11-19-36(28)30)33(39)34(40)37(31)20-18-24-13-8-7-9-14-24/h7-11,13-17,19,22,31,38H,4-6,12,18,20-21H2,1-3H3/b32-29+. The molecule has 42 heavy (non-hydrogen) atoms. The SMILES string of the molecule is CCCCCOc1ccc(C2/C(=C(\O)c3c(C)nc4ccccn34)C(=O)C(=O)N2CCc2ccccc2)cc1OCC. The van der Waals surface area contributed by atoms with Crippen molar-refractivity contribution < 1.29 is 24.2 Å². The maximum absolute atomic E-state index is 13.7. The molecule has 3 heterocycles. The number of hydrogen-bond acceptors (Lipinski definition) is 6. The van der Waals surface area contributed by atoms with E-state index in [9.17, 15) is 14.7 Å². The van der Waals surface area contributed by atoms with Gasteiger partial charge in [0.25, 0.3) is 11.7 Å². The average Bonchev–Trinajstić information content (AvgIpc) is 3.47. The van der Waals surface area contributed by atoms with Gasteiger partial charge in [-0.3, -0.25) is 14.0 Å². The van der Waals surface area contributed by atoms with Crippen LogP contribution < -0.4 is 9.47 Å². The molecule has 0 spiro atoms. The first-order valence-corrected chi connectivity index (χ1v) is 14.6. The van der Waals surface area contributed by atoms with Crippen molar-refractivity contribution in [2.24, 2.45) is 0 Å². The largest absolute Gasteiger partial charge is 0.505 e. The van der Waals surface area contributed by atoms with E-state index < -0.39 is 17.7 Å². The predicted molar refractivity (Wildman–Crippen MR) is 162 cm³/mol. The molecule has 8 heteroatoms. The van der Waals surface area contributed by atoms with Crippen LogP contribution in [0.2, 0.25) is 0 Å². The number of nitrogens with zero attached hydrogens (tertiary/aromatic N) is 3. The van der Waals surface area contributed by atoms with Crippen LogP contribution in [-0.2, 0) is 16.0 Å². The van der Waals surface area contributed by atoms with E-state index in [2.05, 4.69) is 11.9 Å². The number of hydrogen-bond donors (Lipinski definition) is 1. The number of fused-ring (bicyclic) bond motifs is 1. The second kappa shape index (κ2) is 12.9. The summed E-state index contributed by atoms with van der Waals surface area (Å²) in [6, 6.07) is 20.0. The summed E-state index contributed by atoms with van der Waals surface area (Å²) >= 11 is 0. The van der Waals surface area contributed by atoms with E-state index in [1.54, 1.807) is 22.4 Å². The predicted octanol–water partition coefficient (Wildman–Crippen LogP) is 6.27.